The predicted octanol–water partition coefficient (Wildman–Crippen LogP) is 11.4. The summed E-state index contributed by atoms with van der Waals surface area (Å²) in [6.45, 7) is 15.2. The van der Waals surface area contributed by atoms with Gasteiger partial charge in [-0.25, -0.2) is 0 Å². The number of fused-ring (bicyclic) bond motifs is 3. The van der Waals surface area contributed by atoms with Crippen molar-refractivity contribution in [3.63, 3.8) is 0 Å². The third-order valence-corrected chi connectivity index (χ3v) is 11.6. The fourth-order valence-corrected chi connectivity index (χ4v) is 8.81. The number of rotatable bonds is 5. The Kier molecular flexibility index (Phi) is 10.3. The fraction of sp³-hybridized carbons (Fsp3) is 0.190. The van der Waals surface area contributed by atoms with Crippen molar-refractivity contribution < 1.29 is 21.5 Å². The van der Waals surface area contributed by atoms with Crippen molar-refractivity contribution in [1.29, 1.82) is 0 Å². The molecule has 0 amide bonds. The molecule has 0 spiro atoms. The van der Waals surface area contributed by atoms with Gasteiger partial charge < -0.3 is 9.97 Å². The Balaban J connectivity index is 0.000000214. The molecule has 0 aliphatic carbocycles. The average molecular weight is 826 g/mol. The van der Waals surface area contributed by atoms with Crippen molar-refractivity contribution >= 4 is 44.8 Å². The van der Waals surface area contributed by atoms with Gasteiger partial charge in [0.05, 0.1) is 8.07 Å². The molecule has 0 unspecified atom stereocenters. The molecule has 3 aromatic heterocycles. The third-order valence-electron chi connectivity index (χ3n) is 8.28. The quantitative estimate of drug-likeness (QED) is 0.128. The Morgan fingerprint density at radius 3 is 2.28 bits per heavy atom. The van der Waals surface area contributed by atoms with Crippen LogP contribution in [0.4, 0.5) is 0 Å². The van der Waals surface area contributed by atoms with Crippen molar-refractivity contribution in [2.45, 2.75) is 53.2 Å². The molecule has 7 rings (SSSR count). The normalized spacial score (nSPS) is 11.9. The van der Waals surface area contributed by atoms with E-state index >= 15 is 0 Å². The molecule has 4 aromatic carbocycles. The zero-order valence-electron chi connectivity index (χ0n) is 29.0. The molecule has 5 heteroatoms. The van der Waals surface area contributed by atoms with E-state index in [9.17, 15) is 0 Å². The largest absolute Gasteiger partial charge is 0.305 e. The molecule has 0 aliphatic heterocycles. The van der Waals surface area contributed by atoms with Crippen LogP contribution in [0, 0.1) is 26.0 Å². The fourth-order valence-electron chi connectivity index (χ4n) is 5.86. The summed E-state index contributed by atoms with van der Waals surface area (Å²) in [6.07, 6.45) is 3.86. The molecule has 0 atom stereocenters. The molecule has 0 aliphatic rings. The maximum atomic E-state index is 8.37. The van der Waals surface area contributed by atoms with E-state index in [2.05, 4.69) is 122 Å². The van der Waals surface area contributed by atoms with Gasteiger partial charge in [-0.2, -0.15) is 11.3 Å². The zero-order valence-corrected chi connectivity index (χ0v) is 32.2. The Morgan fingerprint density at radius 2 is 1.57 bits per heavy atom. The predicted molar refractivity (Wildman–Crippen MR) is 202 cm³/mol. The summed E-state index contributed by atoms with van der Waals surface area (Å²) in [5.74, 6) is -0.658. The van der Waals surface area contributed by atoms with E-state index in [1.54, 1.807) is 17.5 Å². The van der Waals surface area contributed by atoms with Crippen molar-refractivity contribution in [1.82, 2.24) is 9.97 Å². The van der Waals surface area contributed by atoms with Crippen LogP contribution < -0.4 is 5.19 Å². The topological polar surface area (TPSA) is 25.8 Å². The van der Waals surface area contributed by atoms with Crippen LogP contribution in [0.3, 0.4) is 0 Å². The van der Waals surface area contributed by atoms with Crippen molar-refractivity contribution in [3.05, 3.63) is 138 Å². The first-order valence-corrected chi connectivity index (χ1v) is 20.1. The molecule has 0 bridgehead atoms. The van der Waals surface area contributed by atoms with Gasteiger partial charge in [-0.3, -0.25) is 0 Å². The zero-order chi connectivity index (χ0) is 33.3. The van der Waals surface area contributed by atoms with E-state index in [0.29, 0.717) is 0 Å². The summed E-state index contributed by atoms with van der Waals surface area (Å²) < 4.78 is 10.8. The number of aromatic nitrogens is 2. The first-order valence-electron chi connectivity index (χ1n) is 16.2. The van der Waals surface area contributed by atoms with E-state index < -0.39 is 14.0 Å². The average Bonchev–Trinajstić information content (AvgIpc) is 3.43. The molecule has 2 nitrogen and oxygen atoms in total. The van der Waals surface area contributed by atoms with E-state index in [1.165, 1.54) is 47.6 Å². The molecule has 0 fully saturated rings. The molecule has 1 radical (unpaired) electrons. The van der Waals surface area contributed by atoms with E-state index in [-0.39, 0.29) is 20.1 Å². The second-order valence-corrected chi connectivity index (χ2v) is 19.2. The molecule has 239 valence electrons. The number of hydrogen-bond donors (Lipinski definition) is 0. The number of nitrogens with zero attached hydrogens (tertiary/aromatic N) is 2. The molecule has 7 aromatic rings. The maximum Gasteiger partial charge on any atom is 0.0798 e. The minimum absolute atomic E-state index is 0. The number of pyridine rings is 2. The number of thiophene rings is 1. The molecular formula is C42H40IrN2SSi-2. The summed E-state index contributed by atoms with van der Waals surface area (Å²) in [5.41, 5.74) is 10.0. The molecule has 3 heterocycles. The standard InChI is InChI=1S/C27H22NS.C15H18NSi.Ir/c1-17(2)19-12-13-28-25(15-19)24-9-5-8-23-22-11-10-21(16-26(22)29-27(23)24)20-7-4-6-18(3)14-20;1-12-10-14(13-8-6-5-7-9-13)16-11-15(12)17(2,3)4;/h4-8,10-17H,1-3H3;5-8,10-11H,1-4H3;/q2*-1;/i17D;;. The minimum atomic E-state index is -1.27. The number of hydrogen-bond acceptors (Lipinski definition) is 3. The van der Waals surface area contributed by atoms with Gasteiger partial charge in [0.25, 0.3) is 0 Å². The number of aryl methyl sites for hydroxylation is 2. The maximum absolute atomic E-state index is 8.37. The van der Waals surface area contributed by atoms with Crippen molar-refractivity contribution in [3.8, 4) is 33.6 Å². The van der Waals surface area contributed by atoms with Gasteiger partial charge in [0.2, 0.25) is 0 Å². The molecule has 47 heavy (non-hydrogen) atoms. The second kappa shape index (κ2) is 14.6. The third kappa shape index (κ3) is 7.71. The number of benzene rings is 4. The smallest absolute Gasteiger partial charge is 0.0798 e. The summed E-state index contributed by atoms with van der Waals surface area (Å²) in [6, 6.07) is 40.2. The van der Waals surface area contributed by atoms with Crippen molar-refractivity contribution in [2.24, 2.45) is 0 Å². The minimum Gasteiger partial charge on any atom is -0.305 e. The van der Waals surface area contributed by atoms with Gasteiger partial charge in [0.15, 0.2) is 0 Å². The van der Waals surface area contributed by atoms with E-state index in [1.807, 2.05) is 50.2 Å². The van der Waals surface area contributed by atoms with Crippen LogP contribution in [0.1, 0.15) is 37.8 Å². The Morgan fingerprint density at radius 1 is 0.766 bits per heavy atom. The van der Waals surface area contributed by atoms with Gasteiger partial charge in [0.1, 0.15) is 0 Å². The van der Waals surface area contributed by atoms with Crippen LogP contribution in [0.5, 0.6) is 0 Å². The molecular weight excluding hydrogens is 785 g/mol. The summed E-state index contributed by atoms with van der Waals surface area (Å²) >= 11 is 1.79. The molecule has 0 N–H and O–H groups in total. The van der Waals surface area contributed by atoms with Crippen molar-refractivity contribution in [2.75, 3.05) is 0 Å². The van der Waals surface area contributed by atoms with E-state index in [4.69, 9.17) is 1.37 Å². The summed E-state index contributed by atoms with van der Waals surface area (Å²) in [5, 5.41) is 3.94. The van der Waals surface area contributed by atoms with Gasteiger partial charge in [-0.1, -0.05) is 104 Å². The second-order valence-electron chi connectivity index (χ2n) is 13.1. The van der Waals surface area contributed by atoms with Crippen LogP contribution in [-0.2, 0) is 20.1 Å². The Bertz CT molecular complexity index is 2200. The van der Waals surface area contributed by atoms with Crippen LogP contribution in [0.15, 0.2) is 109 Å². The van der Waals surface area contributed by atoms with Crippen LogP contribution in [0.25, 0.3) is 53.8 Å². The Hall–Kier alpha value is -3.73. The van der Waals surface area contributed by atoms with Gasteiger partial charge in [-0.05, 0) is 69.7 Å². The SMILES string of the molecule is Cc1cc(-c2[c-]cccc2)ncc1[Si](C)(C)C.[2H]C(C)(C)c1ccnc(-c2[c-]ccc3c2sc2cc(-c4cccc(C)c4)ccc23)c1.[Ir]. The van der Waals surface area contributed by atoms with Crippen LogP contribution in [-0.4, -0.2) is 18.0 Å². The van der Waals surface area contributed by atoms with Gasteiger partial charge >= 0.3 is 0 Å². The van der Waals surface area contributed by atoms with E-state index in [0.717, 1.165) is 28.1 Å². The summed E-state index contributed by atoms with van der Waals surface area (Å²) in [4.78, 5) is 9.19. The molecule has 0 saturated carbocycles. The first kappa shape index (κ1) is 33.2. The van der Waals surface area contributed by atoms with Gasteiger partial charge in [-0.15, -0.1) is 59.7 Å². The molecule has 0 saturated heterocycles. The Labute approximate surface area is 299 Å². The van der Waals surface area contributed by atoms with Gasteiger partial charge in [0, 0.05) is 38.6 Å². The first-order chi connectivity index (χ1) is 22.4. The van der Waals surface area contributed by atoms with Crippen LogP contribution in [0.2, 0.25) is 19.6 Å². The summed E-state index contributed by atoms with van der Waals surface area (Å²) in [7, 11) is -1.27. The van der Waals surface area contributed by atoms with Crippen LogP contribution >= 0.6 is 11.3 Å². The monoisotopic (exact) mass is 826 g/mol.